The number of nitrogens with zero attached hydrogens (tertiary/aromatic N) is 3. The third-order valence-corrected chi connectivity index (χ3v) is 3.26. The van der Waals surface area contributed by atoms with E-state index in [1.54, 1.807) is 0 Å². The highest BCUT2D eigenvalue weighted by molar-refractivity contribution is 5.35. The lowest BCUT2D eigenvalue weighted by Gasteiger charge is -2.35. The number of likely N-dealkylation sites (tertiary alicyclic amines) is 1. The number of rotatable bonds is 2. The van der Waals surface area contributed by atoms with E-state index in [9.17, 15) is 0 Å². The molecule has 0 bridgehead atoms. The average Bonchev–Trinajstić information content (AvgIpc) is 2.57. The molecule has 0 saturated carbocycles. The molecule has 4 heteroatoms. The highest BCUT2D eigenvalue weighted by atomic mass is 15.3. The molecule has 15 heavy (non-hydrogen) atoms. The van der Waals surface area contributed by atoms with Gasteiger partial charge in [-0.15, -0.1) is 0 Å². The van der Waals surface area contributed by atoms with Gasteiger partial charge in [-0.25, -0.2) is 0 Å². The van der Waals surface area contributed by atoms with Crippen molar-refractivity contribution in [3.63, 3.8) is 0 Å². The zero-order chi connectivity index (χ0) is 10.8. The molecule has 2 rings (SSSR count). The summed E-state index contributed by atoms with van der Waals surface area (Å²) in [6.07, 6.45) is 3.05. The van der Waals surface area contributed by atoms with Gasteiger partial charge in [0, 0.05) is 25.7 Å². The second kappa shape index (κ2) is 4.23. The van der Waals surface area contributed by atoms with Crippen LogP contribution < -0.4 is 5.32 Å². The van der Waals surface area contributed by atoms with Crippen molar-refractivity contribution in [2.45, 2.75) is 19.4 Å². The van der Waals surface area contributed by atoms with Crippen LogP contribution in [-0.2, 0) is 7.05 Å². The number of piperidine rings is 1. The predicted octanol–water partition coefficient (Wildman–Crippen LogP) is 1.17. The van der Waals surface area contributed by atoms with E-state index >= 15 is 0 Å². The SMILES string of the molecule is CC1CN(C)CCC1Nc1ccnn1C. The van der Waals surface area contributed by atoms with Crippen LogP contribution in [0.25, 0.3) is 0 Å². The Morgan fingerprint density at radius 1 is 1.47 bits per heavy atom. The van der Waals surface area contributed by atoms with Gasteiger partial charge >= 0.3 is 0 Å². The number of aryl methyl sites for hydroxylation is 1. The molecule has 0 aliphatic carbocycles. The van der Waals surface area contributed by atoms with Crippen LogP contribution in [0, 0.1) is 5.92 Å². The van der Waals surface area contributed by atoms with E-state index in [-0.39, 0.29) is 0 Å². The Balaban J connectivity index is 1.98. The third-order valence-electron chi connectivity index (χ3n) is 3.26. The quantitative estimate of drug-likeness (QED) is 0.792. The van der Waals surface area contributed by atoms with Crippen LogP contribution in [0.4, 0.5) is 5.82 Å². The summed E-state index contributed by atoms with van der Waals surface area (Å²) in [5, 5.41) is 7.74. The Hall–Kier alpha value is -1.03. The molecule has 2 unspecified atom stereocenters. The highest BCUT2D eigenvalue weighted by Crippen LogP contribution is 2.19. The topological polar surface area (TPSA) is 33.1 Å². The van der Waals surface area contributed by atoms with Crippen molar-refractivity contribution in [1.82, 2.24) is 14.7 Å². The third kappa shape index (κ3) is 2.31. The van der Waals surface area contributed by atoms with Gasteiger partial charge in [0.05, 0.1) is 6.20 Å². The van der Waals surface area contributed by atoms with E-state index < -0.39 is 0 Å². The number of hydrogen-bond donors (Lipinski definition) is 1. The summed E-state index contributed by atoms with van der Waals surface area (Å²) in [7, 11) is 4.17. The van der Waals surface area contributed by atoms with Crippen LogP contribution in [0.1, 0.15) is 13.3 Å². The minimum atomic E-state index is 0.580. The van der Waals surface area contributed by atoms with E-state index in [0.717, 1.165) is 5.82 Å². The molecule has 1 N–H and O–H groups in total. The monoisotopic (exact) mass is 208 g/mol. The van der Waals surface area contributed by atoms with Crippen molar-refractivity contribution in [1.29, 1.82) is 0 Å². The minimum Gasteiger partial charge on any atom is -0.367 e. The van der Waals surface area contributed by atoms with Crippen molar-refractivity contribution < 1.29 is 0 Å². The van der Waals surface area contributed by atoms with Gasteiger partial charge in [-0.1, -0.05) is 6.92 Å². The van der Waals surface area contributed by atoms with E-state index in [0.29, 0.717) is 12.0 Å². The van der Waals surface area contributed by atoms with Gasteiger partial charge in [-0.3, -0.25) is 4.68 Å². The summed E-state index contributed by atoms with van der Waals surface area (Å²) >= 11 is 0. The lowest BCUT2D eigenvalue weighted by atomic mass is 9.94. The van der Waals surface area contributed by atoms with Gasteiger partial charge in [0.1, 0.15) is 5.82 Å². The largest absolute Gasteiger partial charge is 0.367 e. The second-order valence-corrected chi connectivity index (χ2v) is 4.62. The van der Waals surface area contributed by atoms with Crippen LogP contribution >= 0.6 is 0 Å². The molecule has 1 saturated heterocycles. The zero-order valence-electron chi connectivity index (χ0n) is 9.77. The maximum Gasteiger partial charge on any atom is 0.124 e. The van der Waals surface area contributed by atoms with Crippen molar-refractivity contribution in [3.05, 3.63) is 12.3 Å². The van der Waals surface area contributed by atoms with Gasteiger partial charge in [0.2, 0.25) is 0 Å². The van der Waals surface area contributed by atoms with Gasteiger partial charge in [0.15, 0.2) is 0 Å². The molecule has 0 aromatic carbocycles. The summed E-state index contributed by atoms with van der Waals surface area (Å²) < 4.78 is 1.89. The summed E-state index contributed by atoms with van der Waals surface area (Å²) in [6.45, 7) is 4.67. The molecule has 1 aliphatic rings. The van der Waals surface area contributed by atoms with Crippen LogP contribution in [0.2, 0.25) is 0 Å². The first kappa shape index (κ1) is 10.5. The first-order chi connectivity index (χ1) is 7.16. The first-order valence-electron chi connectivity index (χ1n) is 5.60. The summed E-state index contributed by atoms with van der Waals surface area (Å²) in [6, 6.07) is 2.61. The van der Waals surface area contributed by atoms with Gasteiger partial charge in [0.25, 0.3) is 0 Å². The molecule has 1 aromatic heterocycles. The smallest absolute Gasteiger partial charge is 0.124 e. The molecule has 4 nitrogen and oxygen atoms in total. The van der Waals surface area contributed by atoms with Gasteiger partial charge in [-0.2, -0.15) is 5.10 Å². The van der Waals surface area contributed by atoms with Crippen molar-refractivity contribution in [2.24, 2.45) is 13.0 Å². The molecule has 2 atom stereocenters. The number of nitrogens with one attached hydrogen (secondary N) is 1. The van der Waals surface area contributed by atoms with Gasteiger partial charge in [-0.05, 0) is 25.9 Å². The van der Waals surface area contributed by atoms with Crippen LogP contribution in [0.3, 0.4) is 0 Å². The van der Waals surface area contributed by atoms with E-state index in [4.69, 9.17) is 0 Å². The maximum absolute atomic E-state index is 4.17. The lowest BCUT2D eigenvalue weighted by molar-refractivity contribution is 0.206. The fourth-order valence-electron chi connectivity index (χ4n) is 2.27. The fraction of sp³-hybridized carbons (Fsp3) is 0.727. The summed E-state index contributed by atoms with van der Waals surface area (Å²) in [5.41, 5.74) is 0. The summed E-state index contributed by atoms with van der Waals surface area (Å²) in [5.74, 6) is 1.81. The molecule has 1 aromatic rings. The average molecular weight is 208 g/mol. The van der Waals surface area contributed by atoms with E-state index in [1.165, 1.54) is 19.5 Å². The van der Waals surface area contributed by atoms with Crippen LogP contribution in [-0.4, -0.2) is 40.9 Å². The van der Waals surface area contributed by atoms with E-state index in [1.807, 2.05) is 24.0 Å². The highest BCUT2D eigenvalue weighted by Gasteiger charge is 2.24. The molecule has 2 heterocycles. The van der Waals surface area contributed by atoms with E-state index in [2.05, 4.69) is 29.3 Å². The van der Waals surface area contributed by atoms with Crippen molar-refractivity contribution >= 4 is 5.82 Å². The Morgan fingerprint density at radius 3 is 2.87 bits per heavy atom. The molecule has 1 fully saturated rings. The molecule has 0 spiro atoms. The lowest BCUT2D eigenvalue weighted by Crippen LogP contribution is -2.43. The van der Waals surface area contributed by atoms with Gasteiger partial charge < -0.3 is 10.2 Å². The Kier molecular flexibility index (Phi) is 2.95. The Morgan fingerprint density at radius 2 is 2.27 bits per heavy atom. The minimum absolute atomic E-state index is 0.580. The van der Waals surface area contributed by atoms with Crippen molar-refractivity contribution in [3.8, 4) is 0 Å². The molecule has 0 amide bonds. The zero-order valence-corrected chi connectivity index (χ0v) is 9.77. The maximum atomic E-state index is 4.17. The number of anilines is 1. The molecular formula is C11H20N4. The molecular weight excluding hydrogens is 188 g/mol. The second-order valence-electron chi connectivity index (χ2n) is 4.62. The van der Waals surface area contributed by atoms with Crippen molar-refractivity contribution in [2.75, 3.05) is 25.5 Å². The Labute approximate surface area is 91.3 Å². The normalized spacial score (nSPS) is 27.9. The molecule has 0 radical (unpaired) electrons. The number of hydrogen-bond acceptors (Lipinski definition) is 3. The summed E-state index contributed by atoms with van der Waals surface area (Å²) in [4.78, 5) is 2.39. The fourth-order valence-corrected chi connectivity index (χ4v) is 2.27. The van der Waals surface area contributed by atoms with Crippen LogP contribution in [0.5, 0.6) is 0 Å². The number of aromatic nitrogens is 2. The molecule has 1 aliphatic heterocycles. The Bertz CT molecular complexity index is 320. The molecule has 84 valence electrons. The predicted molar refractivity (Wildman–Crippen MR) is 61.9 cm³/mol. The first-order valence-corrected chi connectivity index (χ1v) is 5.60. The van der Waals surface area contributed by atoms with Crippen LogP contribution in [0.15, 0.2) is 12.3 Å². The standard InChI is InChI=1S/C11H20N4/c1-9-8-14(2)7-5-10(9)13-11-4-6-12-15(11)3/h4,6,9-10,13H,5,7-8H2,1-3H3.